The lowest BCUT2D eigenvalue weighted by atomic mass is 10.2. The highest BCUT2D eigenvalue weighted by atomic mass is 16.5. The number of anilines is 1. The minimum absolute atomic E-state index is 0.169. The van der Waals surface area contributed by atoms with Crippen LogP contribution in [0.3, 0.4) is 0 Å². The summed E-state index contributed by atoms with van der Waals surface area (Å²) in [6.45, 7) is 0. The van der Waals surface area contributed by atoms with E-state index in [2.05, 4.69) is 20.3 Å². The van der Waals surface area contributed by atoms with E-state index in [9.17, 15) is 9.59 Å². The molecular formula is C17H14N4O3. The third-order valence-corrected chi connectivity index (χ3v) is 3.25. The number of nitrogens with one attached hydrogen (secondary N) is 1. The molecule has 1 aromatic heterocycles. The minimum atomic E-state index is -0.471. The number of esters is 1. The normalized spacial score (nSPS) is 10.2. The van der Waals surface area contributed by atoms with Gasteiger partial charge in [-0.25, -0.2) is 4.79 Å². The zero-order chi connectivity index (χ0) is 16.9. The van der Waals surface area contributed by atoms with Crippen LogP contribution in [0.15, 0.2) is 60.8 Å². The zero-order valence-corrected chi connectivity index (χ0v) is 12.8. The molecule has 1 heterocycles. The van der Waals surface area contributed by atoms with Crippen molar-refractivity contribution in [2.45, 2.75) is 0 Å². The molecule has 7 nitrogen and oxygen atoms in total. The molecule has 0 radical (unpaired) electrons. The van der Waals surface area contributed by atoms with Gasteiger partial charge in [-0.3, -0.25) is 4.79 Å². The Hall–Kier alpha value is -3.48. The Labute approximate surface area is 137 Å². The molecular weight excluding hydrogens is 308 g/mol. The second-order valence-electron chi connectivity index (χ2n) is 4.88. The molecule has 1 N–H and O–H groups in total. The van der Waals surface area contributed by atoms with Crippen LogP contribution in [0.2, 0.25) is 0 Å². The van der Waals surface area contributed by atoms with Gasteiger partial charge in [0.15, 0.2) is 5.69 Å². The fourth-order valence-corrected chi connectivity index (χ4v) is 2.09. The molecule has 0 spiro atoms. The zero-order valence-electron chi connectivity index (χ0n) is 12.8. The third-order valence-electron chi connectivity index (χ3n) is 3.25. The lowest BCUT2D eigenvalue weighted by molar-refractivity contribution is 0.0600. The number of rotatable bonds is 4. The lowest BCUT2D eigenvalue weighted by Gasteiger charge is -2.05. The Morgan fingerprint density at radius 1 is 1.08 bits per heavy atom. The minimum Gasteiger partial charge on any atom is -0.465 e. The molecule has 1 amide bonds. The van der Waals surface area contributed by atoms with Crippen LogP contribution in [-0.4, -0.2) is 34.0 Å². The quantitative estimate of drug-likeness (QED) is 0.745. The van der Waals surface area contributed by atoms with E-state index < -0.39 is 11.9 Å². The Balaban J connectivity index is 1.76. The predicted octanol–water partition coefficient (Wildman–Crippen LogP) is 2.31. The van der Waals surface area contributed by atoms with Crippen molar-refractivity contribution in [1.82, 2.24) is 15.0 Å². The smallest absolute Gasteiger partial charge is 0.337 e. The number of aromatic nitrogens is 3. The average molecular weight is 322 g/mol. The number of carbonyl (C=O) groups is 2. The number of benzene rings is 2. The molecule has 0 unspecified atom stereocenters. The van der Waals surface area contributed by atoms with E-state index in [4.69, 9.17) is 0 Å². The number of hydrogen-bond donors (Lipinski definition) is 1. The van der Waals surface area contributed by atoms with Crippen molar-refractivity contribution in [2.75, 3.05) is 12.4 Å². The van der Waals surface area contributed by atoms with E-state index in [1.54, 1.807) is 18.2 Å². The summed E-state index contributed by atoms with van der Waals surface area (Å²) in [5.74, 6) is -0.889. The number of para-hydroxylation sites is 1. The Morgan fingerprint density at radius 2 is 1.88 bits per heavy atom. The summed E-state index contributed by atoms with van der Waals surface area (Å²) in [4.78, 5) is 25.2. The summed E-state index contributed by atoms with van der Waals surface area (Å²) in [7, 11) is 1.30. The maximum atomic E-state index is 12.3. The first-order valence-corrected chi connectivity index (χ1v) is 7.15. The number of methoxy groups -OCH3 is 1. The fourth-order valence-electron chi connectivity index (χ4n) is 2.09. The Morgan fingerprint density at radius 3 is 2.62 bits per heavy atom. The van der Waals surface area contributed by atoms with Crippen molar-refractivity contribution in [3.8, 4) is 5.69 Å². The average Bonchev–Trinajstić information content (AvgIpc) is 3.12. The van der Waals surface area contributed by atoms with E-state index in [1.807, 2.05) is 30.3 Å². The van der Waals surface area contributed by atoms with Crippen molar-refractivity contribution < 1.29 is 14.3 Å². The second kappa shape index (κ2) is 6.74. The summed E-state index contributed by atoms with van der Waals surface area (Å²) in [5.41, 5.74) is 1.74. The van der Waals surface area contributed by atoms with Gasteiger partial charge in [-0.15, -0.1) is 5.10 Å². The highest BCUT2D eigenvalue weighted by molar-refractivity contribution is 6.03. The fraction of sp³-hybridized carbons (Fsp3) is 0.0588. The first kappa shape index (κ1) is 15.4. The first-order valence-electron chi connectivity index (χ1n) is 7.15. The molecule has 0 aliphatic heterocycles. The summed E-state index contributed by atoms with van der Waals surface area (Å²) in [5, 5.41) is 10.9. The van der Waals surface area contributed by atoms with Crippen LogP contribution in [0.4, 0.5) is 5.69 Å². The van der Waals surface area contributed by atoms with Gasteiger partial charge in [-0.2, -0.15) is 9.90 Å². The van der Waals surface area contributed by atoms with Gasteiger partial charge in [0.1, 0.15) is 0 Å². The molecule has 120 valence electrons. The molecule has 0 saturated carbocycles. The van der Waals surface area contributed by atoms with Crippen LogP contribution in [-0.2, 0) is 4.74 Å². The van der Waals surface area contributed by atoms with E-state index >= 15 is 0 Å². The number of amides is 1. The summed E-state index contributed by atoms with van der Waals surface area (Å²) in [6.07, 6.45) is 1.38. The van der Waals surface area contributed by atoms with Crippen LogP contribution in [0, 0.1) is 0 Å². The predicted molar refractivity (Wildman–Crippen MR) is 87.1 cm³/mol. The second-order valence-corrected chi connectivity index (χ2v) is 4.88. The first-order chi connectivity index (χ1) is 11.7. The number of carbonyl (C=O) groups excluding carboxylic acids is 2. The van der Waals surface area contributed by atoms with Crippen molar-refractivity contribution in [3.05, 3.63) is 72.1 Å². The molecule has 3 rings (SSSR count). The van der Waals surface area contributed by atoms with E-state index in [1.165, 1.54) is 24.2 Å². The maximum absolute atomic E-state index is 12.3. The highest BCUT2D eigenvalue weighted by Crippen LogP contribution is 2.13. The number of hydrogen-bond acceptors (Lipinski definition) is 5. The van der Waals surface area contributed by atoms with Crippen LogP contribution in [0.25, 0.3) is 5.69 Å². The molecule has 3 aromatic rings. The molecule has 0 atom stereocenters. The SMILES string of the molecule is COC(=O)c1cccc(NC(=O)c2cnn(-c3ccccc3)n2)c1. The summed E-state index contributed by atoms with van der Waals surface area (Å²) in [6, 6.07) is 15.7. The van der Waals surface area contributed by atoms with E-state index in [0.717, 1.165) is 5.69 Å². The van der Waals surface area contributed by atoms with Gasteiger partial charge in [-0.05, 0) is 30.3 Å². The monoisotopic (exact) mass is 322 g/mol. The van der Waals surface area contributed by atoms with Gasteiger partial charge < -0.3 is 10.1 Å². The van der Waals surface area contributed by atoms with Crippen LogP contribution in [0.1, 0.15) is 20.8 Å². The largest absolute Gasteiger partial charge is 0.465 e. The van der Waals surface area contributed by atoms with Gasteiger partial charge in [0, 0.05) is 5.69 Å². The van der Waals surface area contributed by atoms with Gasteiger partial charge in [0.05, 0.1) is 24.6 Å². The van der Waals surface area contributed by atoms with Gasteiger partial charge >= 0.3 is 5.97 Å². The molecule has 7 heteroatoms. The van der Waals surface area contributed by atoms with E-state index in [0.29, 0.717) is 11.3 Å². The molecule has 2 aromatic carbocycles. The molecule has 24 heavy (non-hydrogen) atoms. The van der Waals surface area contributed by atoms with Gasteiger partial charge in [0.2, 0.25) is 0 Å². The standard InChI is InChI=1S/C17H14N4O3/c1-24-17(23)12-6-5-7-13(10-12)19-16(22)15-11-18-21(20-15)14-8-3-2-4-9-14/h2-11H,1H3,(H,19,22). The van der Waals surface area contributed by atoms with Crippen LogP contribution >= 0.6 is 0 Å². The van der Waals surface area contributed by atoms with Crippen molar-refractivity contribution >= 4 is 17.6 Å². The molecule has 0 fully saturated rings. The highest BCUT2D eigenvalue weighted by Gasteiger charge is 2.13. The Bertz CT molecular complexity index is 874. The number of nitrogens with zero attached hydrogens (tertiary/aromatic N) is 3. The molecule has 0 aliphatic rings. The summed E-state index contributed by atoms with van der Waals surface area (Å²) < 4.78 is 4.66. The molecule has 0 saturated heterocycles. The van der Waals surface area contributed by atoms with Crippen molar-refractivity contribution in [3.63, 3.8) is 0 Å². The van der Waals surface area contributed by atoms with Crippen LogP contribution < -0.4 is 5.32 Å². The summed E-state index contributed by atoms with van der Waals surface area (Å²) >= 11 is 0. The third kappa shape index (κ3) is 3.30. The Kier molecular flexibility index (Phi) is 4.33. The van der Waals surface area contributed by atoms with Gasteiger partial charge in [-0.1, -0.05) is 24.3 Å². The van der Waals surface area contributed by atoms with E-state index in [-0.39, 0.29) is 5.69 Å². The number of ether oxygens (including phenoxy) is 1. The van der Waals surface area contributed by atoms with Crippen LogP contribution in [0.5, 0.6) is 0 Å². The topological polar surface area (TPSA) is 86.1 Å². The lowest BCUT2D eigenvalue weighted by Crippen LogP contribution is -2.13. The molecule has 0 aliphatic carbocycles. The van der Waals surface area contributed by atoms with Crippen molar-refractivity contribution in [1.29, 1.82) is 0 Å². The van der Waals surface area contributed by atoms with Gasteiger partial charge in [0.25, 0.3) is 5.91 Å². The maximum Gasteiger partial charge on any atom is 0.337 e. The molecule has 0 bridgehead atoms. The van der Waals surface area contributed by atoms with Crippen molar-refractivity contribution in [2.24, 2.45) is 0 Å².